The van der Waals surface area contributed by atoms with Crippen LogP contribution in [0.25, 0.3) is 16.8 Å². The Bertz CT molecular complexity index is 862. The van der Waals surface area contributed by atoms with Gasteiger partial charge in [-0.25, -0.2) is 9.78 Å². The topological polar surface area (TPSA) is 47.2 Å². The van der Waals surface area contributed by atoms with Crippen molar-refractivity contribution >= 4 is 11.6 Å². The molecule has 0 saturated heterocycles. The predicted octanol–water partition coefficient (Wildman–Crippen LogP) is 4.75. The molecule has 0 spiro atoms. The summed E-state index contributed by atoms with van der Waals surface area (Å²) in [7, 11) is 1.48. The molecule has 0 bridgehead atoms. The van der Waals surface area contributed by atoms with Crippen LogP contribution >= 0.6 is 11.6 Å². The van der Waals surface area contributed by atoms with E-state index in [1.54, 1.807) is 0 Å². The molecule has 0 amide bonds. The Hall–Kier alpha value is -2.58. The average molecular weight is 339 g/mol. The number of halogens is 1. The predicted molar refractivity (Wildman–Crippen MR) is 92.7 cm³/mol. The highest BCUT2D eigenvalue weighted by molar-refractivity contribution is 6.30. The molecule has 3 aromatic rings. The van der Waals surface area contributed by atoms with Gasteiger partial charge in [-0.2, -0.15) is 5.26 Å². The van der Waals surface area contributed by atoms with E-state index < -0.39 is 0 Å². The number of nitrogens with zero attached hydrogens (tertiary/aromatic N) is 2. The Labute approximate surface area is 145 Å². The van der Waals surface area contributed by atoms with E-state index in [-0.39, 0.29) is 0 Å². The summed E-state index contributed by atoms with van der Waals surface area (Å²) in [6, 6.07) is 17.6. The summed E-state index contributed by atoms with van der Waals surface area (Å²) in [5.74, 6) is 0. The first-order valence-corrected chi connectivity index (χ1v) is 7.72. The summed E-state index contributed by atoms with van der Waals surface area (Å²) in [5, 5.41) is 10.1. The van der Waals surface area contributed by atoms with Crippen LogP contribution in [0.3, 0.4) is 0 Å². The van der Waals surface area contributed by atoms with Gasteiger partial charge in [-0.15, -0.1) is 0 Å². The second kappa shape index (κ2) is 7.33. The first-order chi connectivity index (χ1) is 11.7. The van der Waals surface area contributed by atoms with E-state index in [4.69, 9.17) is 16.5 Å². The Morgan fingerprint density at radius 2 is 1.75 bits per heavy atom. The standard InChI is InChI=1S/C19H15ClN2O2/c1-23-24-13-14-2-8-18(9-3-14)22-11-16(10-21)19(12-22)15-4-6-17(20)7-5-15/h2-9,11-12H,13H2,1H3. The lowest BCUT2D eigenvalue weighted by atomic mass is 10.1. The normalized spacial score (nSPS) is 10.5. The summed E-state index contributed by atoms with van der Waals surface area (Å²) in [5.41, 5.74) is 4.42. The SMILES string of the molecule is COOCc1ccc(-n2cc(C#N)c(-c3ccc(Cl)cc3)c2)cc1. The minimum Gasteiger partial charge on any atom is -0.322 e. The van der Waals surface area contributed by atoms with E-state index in [1.165, 1.54) is 7.11 Å². The molecule has 4 nitrogen and oxygen atoms in total. The molecule has 3 rings (SSSR count). The van der Waals surface area contributed by atoms with Crippen LogP contribution in [-0.4, -0.2) is 11.7 Å². The molecular formula is C19H15ClN2O2. The van der Waals surface area contributed by atoms with Gasteiger partial charge in [-0.05, 0) is 35.4 Å². The molecule has 120 valence electrons. The van der Waals surface area contributed by atoms with Crippen LogP contribution in [0.5, 0.6) is 0 Å². The van der Waals surface area contributed by atoms with Crippen molar-refractivity contribution < 1.29 is 9.78 Å². The van der Waals surface area contributed by atoms with Gasteiger partial charge in [0.2, 0.25) is 0 Å². The fourth-order valence-corrected chi connectivity index (χ4v) is 2.57. The van der Waals surface area contributed by atoms with Crippen LogP contribution in [0.4, 0.5) is 0 Å². The van der Waals surface area contributed by atoms with E-state index in [0.717, 1.165) is 22.4 Å². The van der Waals surface area contributed by atoms with Gasteiger partial charge in [0, 0.05) is 28.7 Å². The molecule has 0 N–H and O–H groups in total. The summed E-state index contributed by atoms with van der Waals surface area (Å²) in [4.78, 5) is 9.51. The zero-order valence-corrected chi connectivity index (χ0v) is 13.8. The van der Waals surface area contributed by atoms with Gasteiger partial charge in [0.1, 0.15) is 12.7 Å². The molecule has 1 aromatic heterocycles. The number of nitriles is 1. The molecule has 0 unspecified atom stereocenters. The summed E-state index contributed by atoms with van der Waals surface area (Å²) >= 11 is 5.94. The fourth-order valence-electron chi connectivity index (χ4n) is 2.44. The molecule has 24 heavy (non-hydrogen) atoms. The van der Waals surface area contributed by atoms with E-state index in [0.29, 0.717) is 17.2 Å². The molecule has 0 saturated carbocycles. The van der Waals surface area contributed by atoms with Gasteiger partial charge in [0.05, 0.1) is 12.7 Å². The van der Waals surface area contributed by atoms with Crippen molar-refractivity contribution in [3.8, 4) is 22.9 Å². The van der Waals surface area contributed by atoms with Gasteiger partial charge in [-0.1, -0.05) is 35.9 Å². The van der Waals surface area contributed by atoms with Crippen LogP contribution in [0.2, 0.25) is 5.02 Å². The highest BCUT2D eigenvalue weighted by Crippen LogP contribution is 2.27. The second-order valence-corrected chi connectivity index (χ2v) is 5.64. The number of hydrogen-bond acceptors (Lipinski definition) is 3. The van der Waals surface area contributed by atoms with Crippen LogP contribution in [0, 0.1) is 11.3 Å². The Morgan fingerprint density at radius 1 is 1.04 bits per heavy atom. The summed E-state index contributed by atoms with van der Waals surface area (Å²) in [6.45, 7) is 0.391. The quantitative estimate of drug-likeness (QED) is 0.498. The Balaban J connectivity index is 1.92. The molecular weight excluding hydrogens is 324 g/mol. The molecule has 0 atom stereocenters. The summed E-state index contributed by atoms with van der Waals surface area (Å²) in [6.07, 6.45) is 3.77. The van der Waals surface area contributed by atoms with E-state index in [9.17, 15) is 5.26 Å². The van der Waals surface area contributed by atoms with Gasteiger partial charge >= 0.3 is 0 Å². The highest BCUT2D eigenvalue weighted by atomic mass is 35.5. The number of rotatable bonds is 5. The molecule has 5 heteroatoms. The zero-order valence-electron chi connectivity index (χ0n) is 13.1. The molecule has 0 aliphatic rings. The van der Waals surface area contributed by atoms with Gasteiger partial charge in [0.15, 0.2) is 0 Å². The van der Waals surface area contributed by atoms with Gasteiger partial charge in [0.25, 0.3) is 0 Å². The lowest BCUT2D eigenvalue weighted by molar-refractivity contribution is -0.282. The van der Waals surface area contributed by atoms with Crippen molar-refractivity contribution in [3.05, 3.63) is 77.1 Å². The molecule has 0 radical (unpaired) electrons. The van der Waals surface area contributed by atoms with Crippen molar-refractivity contribution in [1.82, 2.24) is 4.57 Å². The van der Waals surface area contributed by atoms with Crippen molar-refractivity contribution in [2.75, 3.05) is 7.11 Å². The third-order valence-electron chi connectivity index (χ3n) is 3.68. The molecule has 0 aliphatic heterocycles. The van der Waals surface area contributed by atoms with Crippen LogP contribution in [0.1, 0.15) is 11.1 Å². The van der Waals surface area contributed by atoms with Crippen molar-refractivity contribution in [2.45, 2.75) is 6.61 Å². The smallest absolute Gasteiger partial charge is 0.107 e. The number of aromatic nitrogens is 1. The maximum absolute atomic E-state index is 9.42. The maximum atomic E-state index is 9.42. The molecule has 0 aliphatic carbocycles. The zero-order chi connectivity index (χ0) is 16.9. The largest absolute Gasteiger partial charge is 0.322 e. The Morgan fingerprint density at radius 3 is 2.38 bits per heavy atom. The van der Waals surface area contributed by atoms with Crippen molar-refractivity contribution in [3.63, 3.8) is 0 Å². The van der Waals surface area contributed by atoms with Crippen LogP contribution in [-0.2, 0) is 16.4 Å². The highest BCUT2D eigenvalue weighted by Gasteiger charge is 2.10. The third kappa shape index (κ3) is 3.50. The van der Waals surface area contributed by atoms with E-state index in [1.807, 2.05) is 65.5 Å². The Kier molecular flexibility index (Phi) is 4.97. The number of benzene rings is 2. The first kappa shape index (κ1) is 16.3. The second-order valence-electron chi connectivity index (χ2n) is 5.21. The monoisotopic (exact) mass is 338 g/mol. The molecule has 0 fully saturated rings. The van der Waals surface area contributed by atoms with E-state index in [2.05, 4.69) is 11.0 Å². The van der Waals surface area contributed by atoms with Crippen molar-refractivity contribution in [1.29, 1.82) is 5.26 Å². The summed E-state index contributed by atoms with van der Waals surface area (Å²) < 4.78 is 1.93. The third-order valence-corrected chi connectivity index (χ3v) is 3.93. The lowest BCUT2D eigenvalue weighted by Gasteiger charge is -2.05. The molecule has 2 aromatic carbocycles. The average Bonchev–Trinajstić information content (AvgIpc) is 3.05. The van der Waals surface area contributed by atoms with E-state index >= 15 is 0 Å². The van der Waals surface area contributed by atoms with Crippen LogP contribution < -0.4 is 0 Å². The van der Waals surface area contributed by atoms with Crippen LogP contribution in [0.15, 0.2) is 60.9 Å². The van der Waals surface area contributed by atoms with Gasteiger partial charge in [-0.3, -0.25) is 0 Å². The lowest BCUT2D eigenvalue weighted by Crippen LogP contribution is -1.93. The minimum absolute atomic E-state index is 0.391. The first-order valence-electron chi connectivity index (χ1n) is 7.34. The number of hydrogen-bond donors (Lipinski definition) is 0. The fraction of sp³-hybridized carbons (Fsp3) is 0.105. The van der Waals surface area contributed by atoms with Gasteiger partial charge < -0.3 is 4.57 Å². The minimum atomic E-state index is 0.391. The maximum Gasteiger partial charge on any atom is 0.107 e. The molecule has 1 heterocycles. The van der Waals surface area contributed by atoms with Crippen molar-refractivity contribution in [2.24, 2.45) is 0 Å².